The molecule has 0 unspecified atom stereocenters. The highest BCUT2D eigenvalue weighted by Gasteiger charge is 2.17. The Hall–Kier alpha value is -4.00. The fraction of sp³-hybridized carbons (Fsp3) is 0. The summed E-state index contributed by atoms with van der Waals surface area (Å²) in [5.41, 5.74) is -0.488. The van der Waals surface area contributed by atoms with Crippen LogP contribution < -0.4 is 14.8 Å². The molecule has 136 valence electrons. The minimum absolute atomic E-state index is 0.0727. The zero-order chi connectivity index (χ0) is 19.2. The average molecular weight is 365 g/mol. The smallest absolute Gasteiger partial charge is 0.417 e. The van der Waals surface area contributed by atoms with Gasteiger partial charge in [-0.3, -0.25) is 5.32 Å². The Morgan fingerprint density at radius 2 is 1.41 bits per heavy atom. The van der Waals surface area contributed by atoms with Crippen LogP contribution in [0.25, 0.3) is 0 Å². The molecule has 0 aromatic heterocycles. The Balaban J connectivity index is 1.65. The number of amides is 1. The van der Waals surface area contributed by atoms with Crippen molar-refractivity contribution in [2.45, 2.75) is 0 Å². The number of aromatic carboxylic acids is 1. The van der Waals surface area contributed by atoms with Gasteiger partial charge in [0.25, 0.3) is 0 Å². The normalized spacial score (nSPS) is 10.1. The zero-order valence-corrected chi connectivity index (χ0v) is 14.0. The van der Waals surface area contributed by atoms with Gasteiger partial charge in [0.2, 0.25) is 0 Å². The summed E-state index contributed by atoms with van der Waals surface area (Å²) in [5.74, 6) is -0.345. The van der Waals surface area contributed by atoms with Crippen molar-refractivity contribution in [2.75, 3.05) is 5.32 Å². The molecule has 7 heteroatoms. The van der Waals surface area contributed by atoms with E-state index in [2.05, 4.69) is 5.32 Å². The van der Waals surface area contributed by atoms with E-state index in [0.717, 1.165) is 0 Å². The third-order valence-corrected chi connectivity index (χ3v) is 3.51. The van der Waals surface area contributed by atoms with Crippen LogP contribution in [-0.2, 0) is 0 Å². The predicted octanol–water partition coefficient (Wildman–Crippen LogP) is 4.49. The van der Waals surface area contributed by atoms with E-state index in [4.69, 9.17) is 14.6 Å². The summed E-state index contributed by atoms with van der Waals surface area (Å²) >= 11 is 0. The molecule has 0 spiro atoms. The van der Waals surface area contributed by atoms with E-state index < -0.39 is 23.4 Å². The first kappa shape index (κ1) is 17.8. The number of anilines is 1. The first-order chi connectivity index (χ1) is 13.0. The molecule has 3 aromatic carbocycles. The molecule has 0 aliphatic carbocycles. The van der Waals surface area contributed by atoms with Gasteiger partial charge in [-0.25, -0.2) is 9.59 Å². The van der Waals surface area contributed by atoms with Gasteiger partial charge in [0.15, 0.2) is 0 Å². The number of carboxylic acid groups (broad SMARTS) is 1. The molecule has 3 aromatic rings. The number of rotatable bonds is 5. The minimum atomic E-state index is -1.37. The minimum Gasteiger partial charge on any atom is -0.507 e. The number of ether oxygens (including phenoxy) is 2. The van der Waals surface area contributed by atoms with Crippen LogP contribution in [0.5, 0.6) is 23.0 Å². The average Bonchev–Trinajstić information content (AvgIpc) is 2.64. The second-order valence-electron chi connectivity index (χ2n) is 5.41. The van der Waals surface area contributed by atoms with Crippen LogP contribution in [-0.4, -0.2) is 22.3 Å². The van der Waals surface area contributed by atoms with Crippen molar-refractivity contribution in [3.8, 4) is 23.0 Å². The fourth-order valence-electron chi connectivity index (χ4n) is 2.31. The number of benzene rings is 3. The maximum atomic E-state index is 12.0. The molecular formula is C20H15NO6. The molecule has 0 radical (unpaired) electrons. The molecule has 3 N–H and O–H groups in total. The number of nitrogens with one attached hydrogen (secondary N) is 1. The van der Waals surface area contributed by atoms with Crippen molar-refractivity contribution in [3.05, 3.63) is 78.4 Å². The van der Waals surface area contributed by atoms with Crippen molar-refractivity contribution >= 4 is 17.7 Å². The molecule has 0 saturated heterocycles. The summed E-state index contributed by atoms with van der Waals surface area (Å²) in [4.78, 5) is 23.2. The lowest BCUT2D eigenvalue weighted by Crippen LogP contribution is -2.18. The second kappa shape index (κ2) is 7.92. The molecule has 0 aliphatic rings. The van der Waals surface area contributed by atoms with E-state index in [0.29, 0.717) is 11.5 Å². The first-order valence-corrected chi connectivity index (χ1v) is 7.90. The van der Waals surface area contributed by atoms with Crippen molar-refractivity contribution in [1.82, 2.24) is 0 Å². The molecule has 7 nitrogen and oxygen atoms in total. The van der Waals surface area contributed by atoms with Crippen molar-refractivity contribution in [2.24, 2.45) is 0 Å². The third kappa shape index (κ3) is 4.55. The highest BCUT2D eigenvalue weighted by Crippen LogP contribution is 2.26. The molecule has 0 atom stereocenters. The lowest BCUT2D eigenvalue weighted by molar-refractivity contribution is 0.0695. The lowest BCUT2D eigenvalue weighted by Gasteiger charge is -2.10. The topological polar surface area (TPSA) is 105 Å². The van der Waals surface area contributed by atoms with Gasteiger partial charge >= 0.3 is 12.1 Å². The predicted molar refractivity (Wildman–Crippen MR) is 97.7 cm³/mol. The highest BCUT2D eigenvalue weighted by atomic mass is 16.6. The molecule has 27 heavy (non-hydrogen) atoms. The summed E-state index contributed by atoms with van der Waals surface area (Å²) in [6, 6.07) is 19.5. The monoisotopic (exact) mass is 365 g/mol. The van der Waals surface area contributed by atoms with E-state index in [1.807, 2.05) is 30.3 Å². The zero-order valence-electron chi connectivity index (χ0n) is 14.0. The quantitative estimate of drug-likeness (QED) is 0.615. The van der Waals surface area contributed by atoms with Gasteiger partial charge in [0, 0.05) is 0 Å². The second-order valence-corrected chi connectivity index (χ2v) is 5.41. The van der Waals surface area contributed by atoms with E-state index >= 15 is 0 Å². The van der Waals surface area contributed by atoms with Gasteiger partial charge in [-0.05, 0) is 48.5 Å². The lowest BCUT2D eigenvalue weighted by atomic mass is 10.1. The summed E-state index contributed by atoms with van der Waals surface area (Å²) in [6.45, 7) is 0. The maximum absolute atomic E-state index is 12.0. The van der Waals surface area contributed by atoms with Crippen LogP contribution in [0, 0.1) is 0 Å². The molecule has 0 fully saturated rings. The van der Waals surface area contributed by atoms with Crippen LogP contribution in [0.3, 0.4) is 0 Å². The number of hydrogen-bond acceptors (Lipinski definition) is 5. The number of carboxylic acids is 1. The molecule has 0 saturated carbocycles. The maximum Gasteiger partial charge on any atom is 0.417 e. The van der Waals surface area contributed by atoms with Crippen LogP contribution in [0.15, 0.2) is 72.8 Å². The van der Waals surface area contributed by atoms with Gasteiger partial charge in [0.1, 0.15) is 28.6 Å². The number of para-hydroxylation sites is 1. The third-order valence-electron chi connectivity index (χ3n) is 3.51. The highest BCUT2D eigenvalue weighted by molar-refractivity contribution is 6.01. The Bertz CT molecular complexity index is 954. The number of aromatic hydroxyl groups is 1. The molecular weight excluding hydrogens is 350 g/mol. The Morgan fingerprint density at radius 3 is 2.07 bits per heavy atom. The Morgan fingerprint density at radius 1 is 0.778 bits per heavy atom. The molecule has 0 bridgehead atoms. The SMILES string of the molecule is O=C(Nc1cccc(O)c1C(=O)O)Oc1ccc(Oc2ccccc2)cc1. The summed E-state index contributed by atoms with van der Waals surface area (Å²) in [6.07, 6.45) is -0.889. The van der Waals surface area contributed by atoms with Crippen LogP contribution in [0.1, 0.15) is 10.4 Å². The Labute approximate surface area is 154 Å². The fourth-order valence-corrected chi connectivity index (χ4v) is 2.31. The van der Waals surface area contributed by atoms with Crippen LogP contribution >= 0.6 is 0 Å². The van der Waals surface area contributed by atoms with Crippen molar-refractivity contribution in [3.63, 3.8) is 0 Å². The molecule has 3 rings (SSSR count). The van der Waals surface area contributed by atoms with Crippen LogP contribution in [0.4, 0.5) is 10.5 Å². The van der Waals surface area contributed by atoms with E-state index in [9.17, 15) is 14.7 Å². The van der Waals surface area contributed by atoms with Gasteiger partial charge in [-0.15, -0.1) is 0 Å². The summed E-state index contributed by atoms with van der Waals surface area (Å²) < 4.78 is 10.8. The van der Waals surface area contributed by atoms with Crippen LogP contribution in [0.2, 0.25) is 0 Å². The number of carbonyl (C=O) groups excluding carboxylic acids is 1. The molecule has 0 heterocycles. The van der Waals surface area contributed by atoms with Crippen molar-refractivity contribution < 1.29 is 29.3 Å². The largest absolute Gasteiger partial charge is 0.507 e. The van der Waals surface area contributed by atoms with Gasteiger partial charge in [-0.2, -0.15) is 0 Å². The van der Waals surface area contributed by atoms with Gasteiger partial charge in [0.05, 0.1) is 5.69 Å². The first-order valence-electron chi connectivity index (χ1n) is 7.90. The Kier molecular flexibility index (Phi) is 5.22. The summed E-state index contributed by atoms with van der Waals surface area (Å²) in [5, 5.41) is 21.1. The standard InChI is InChI=1S/C20H15NO6/c22-17-8-4-7-16(18(17)19(23)24)21-20(25)27-15-11-9-14(10-12-15)26-13-5-2-1-3-6-13/h1-12,22H,(H,21,25)(H,23,24). The van der Waals surface area contributed by atoms with E-state index in [1.165, 1.54) is 18.2 Å². The van der Waals surface area contributed by atoms with Gasteiger partial charge in [-0.1, -0.05) is 24.3 Å². The van der Waals surface area contributed by atoms with E-state index in [-0.39, 0.29) is 11.4 Å². The van der Waals surface area contributed by atoms with Crippen molar-refractivity contribution in [1.29, 1.82) is 0 Å². The summed E-state index contributed by atoms with van der Waals surface area (Å²) in [7, 11) is 0. The number of phenols is 1. The van der Waals surface area contributed by atoms with Gasteiger partial charge < -0.3 is 19.7 Å². The number of carbonyl (C=O) groups is 2. The number of hydrogen-bond donors (Lipinski definition) is 3. The molecule has 0 aliphatic heterocycles. The molecule has 1 amide bonds. The van der Waals surface area contributed by atoms with E-state index in [1.54, 1.807) is 24.3 Å².